The molecule has 7 heteroatoms. The van der Waals surface area contributed by atoms with Gasteiger partial charge in [0, 0.05) is 31.5 Å². The third-order valence-corrected chi connectivity index (χ3v) is 3.42. The highest BCUT2D eigenvalue weighted by molar-refractivity contribution is 7.80. The van der Waals surface area contributed by atoms with Crippen LogP contribution < -0.4 is 10.6 Å². The molecule has 0 fully saturated rings. The normalized spacial score (nSPS) is 10.5. The zero-order valence-electron chi connectivity index (χ0n) is 12.4. The molecule has 1 heterocycles. The van der Waals surface area contributed by atoms with E-state index in [9.17, 15) is 0 Å². The van der Waals surface area contributed by atoms with Gasteiger partial charge in [-0.1, -0.05) is 23.7 Å². The minimum Gasteiger partial charge on any atom is -0.385 e. The van der Waals surface area contributed by atoms with Gasteiger partial charge in [0.15, 0.2) is 5.11 Å². The molecule has 1 aromatic carbocycles. The summed E-state index contributed by atoms with van der Waals surface area (Å²) in [5.74, 6) is 0. The van der Waals surface area contributed by atoms with Gasteiger partial charge in [0.1, 0.15) is 0 Å². The van der Waals surface area contributed by atoms with E-state index < -0.39 is 0 Å². The molecule has 0 saturated heterocycles. The minimum absolute atomic E-state index is 0.582. The number of halogens is 1. The van der Waals surface area contributed by atoms with E-state index >= 15 is 0 Å². The number of hydrogen-bond acceptors (Lipinski definition) is 3. The number of methoxy groups -OCH3 is 1. The molecule has 0 saturated carbocycles. The Morgan fingerprint density at radius 2 is 2.32 bits per heavy atom. The van der Waals surface area contributed by atoms with Gasteiger partial charge in [0.25, 0.3) is 0 Å². The lowest BCUT2D eigenvalue weighted by molar-refractivity contribution is 0.196. The van der Waals surface area contributed by atoms with Gasteiger partial charge in [-0.05, 0) is 36.3 Å². The van der Waals surface area contributed by atoms with Gasteiger partial charge in [-0.15, -0.1) is 0 Å². The Balaban J connectivity index is 1.82. The molecule has 0 aliphatic rings. The van der Waals surface area contributed by atoms with Gasteiger partial charge < -0.3 is 15.4 Å². The van der Waals surface area contributed by atoms with Gasteiger partial charge in [0.05, 0.1) is 18.4 Å². The molecule has 2 aromatic rings. The van der Waals surface area contributed by atoms with E-state index in [0.29, 0.717) is 18.3 Å². The first-order chi connectivity index (χ1) is 10.7. The maximum atomic E-state index is 5.98. The molecule has 2 N–H and O–H groups in total. The van der Waals surface area contributed by atoms with Crippen molar-refractivity contribution < 1.29 is 4.74 Å². The average Bonchev–Trinajstić information content (AvgIpc) is 2.91. The summed E-state index contributed by atoms with van der Waals surface area (Å²) < 4.78 is 6.82. The van der Waals surface area contributed by atoms with E-state index in [-0.39, 0.29) is 0 Å². The van der Waals surface area contributed by atoms with Crippen molar-refractivity contribution in [1.29, 1.82) is 0 Å². The Kier molecular flexibility index (Phi) is 6.64. The summed E-state index contributed by atoms with van der Waals surface area (Å²) in [6.07, 6.45) is 4.56. The third kappa shape index (κ3) is 5.63. The second-order valence-corrected chi connectivity index (χ2v) is 5.63. The Morgan fingerprint density at radius 3 is 3.09 bits per heavy atom. The molecule has 0 atom stereocenters. The average molecular weight is 339 g/mol. The van der Waals surface area contributed by atoms with E-state index in [4.69, 9.17) is 28.6 Å². The second-order valence-electron chi connectivity index (χ2n) is 4.78. The second kappa shape index (κ2) is 8.73. The van der Waals surface area contributed by atoms with Crippen molar-refractivity contribution in [3.05, 3.63) is 47.2 Å². The van der Waals surface area contributed by atoms with Crippen LogP contribution in [0.3, 0.4) is 0 Å². The predicted octanol–water partition coefficient (Wildman–Crippen LogP) is 2.91. The molecule has 0 aliphatic heterocycles. The van der Waals surface area contributed by atoms with Crippen LogP contribution in [0.2, 0.25) is 5.02 Å². The summed E-state index contributed by atoms with van der Waals surface area (Å²) in [5.41, 5.74) is 1.95. The van der Waals surface area contributed by atoms with Crippen molar-refractivity contribution in [3.8, 4) is 0 Å². The number of ether oxygens (including phenoxy) is 1. The zero-order chi connectivity index (χ0) is 15.8. The van der Waals surface area contributed by atoms with Crippen LogP contribution in [0.5, 0.6) is 0 Å². The quantitative estimate of drug-likeness (QED) is 0.600. The number of nitrogens with zero attached hydrogens (tertiary/aromatic N) is 2. The van der Waals surface area contributed by atoms with Crippen LogP contribution in [-0.4, -0.2) is 35.2 Å². The van der Waals surface area contributed by atoms with Crippen LogP contribution in [0.25, 0.3) is 0 Å². The number of aromatic nitrogens is 2. The molecule has 0 amide bonds. The lowest BCUT2D eigenvalue weighted by atomic mass is 10.2. The summed E-state index contributed by atoms with van der Waals surface area (Å²) in [7, 11) is 1.69. The summed E-state index contributed by atoms with van der Waals surface area (Å²) in [4.78, 5) is 0. The summed E-state index contributed by atoms with van der Waals surface area (Å²) in [6.45, 7) is 2.15. The van der Waals surface area contributed by atoms with Crippen LogP contribution in [0.15, 0.2) is 36.7 Å². The molecule has 0 radical (unpaired) electrons. The molecule has 0 bridgehead atoms. The topological polar surface area (TPSA) is 51.1 Å². The largest absolute Gasteiger partial charge is 0.385 e. The molecular formula is C15H19ClN4OS. The molecule has 1 aromatic heterocycles. The Bertz CT molecular complexity index is 617. The fourth-order valence-corrected chi connectivity index (χ4v) is 2.36. The Labute approximate surface area is 140 Å². The van der Waals surface area contributed by atoms with Crippen LogP contribution in [0, 0.1) is 0 Å². The molecule has 0 unspecified atom stereocenters. The Hall–Kier alpha value is -1.63. The number of nitrogens with one attached hydrogen (secondary N) is 2. The van der Waals surface area contributed by atoms with Gasteiger partial charge in [-0.3, -0.25) is 4.68 Å². The van der Waals surface area contributed by atoms with Crippen LogP contribution in [-0.2, 0) is 11.3 Å². The molecule has 22 heavy (non-hydrogen) atoms. The molecule has 0 aliphatic carbocycles. The SMILES string of the molecule is COCCCNC(=S)Nc1cnn(Cc2cccc(Cl)c2)c1. The Morgan fingerprint density at radius 1 is 1.45 bits per heavy atom. The molecule has 5 nitrogen and oxygen atoms in total. The molecule has 2 rings (SSSR count). The monoisotopic (exact) mass is 338 g/mol. The van der Waals surface area contributed by atoms with Crippen molar-refractivity contribution in [1.82, 2.24) is 15.1 Å². The highest BCUT2D eigenvalue weighted by Gasteiger charge is 2.02. The van der Waals surface area contributed by atoms with Gasteiger partial charge in [-0.25, -0.2) is 0 Å². The zero-order valence-corrected chi connectivity index (χ0v) is 14.0. The fraction of sp³-hybridized carbons (Fsp3) is 0.333. The van der Waals surface area contributed by atoms with Crippen LogP contribution in [0.1, 0.15) is 12.0 Å². The fourth-order valence-electron chi connectivity index (χ4n) is 1.93. The lowest BCUT2D eigenvalue weighted by Gasteiger charge is -2.08. The number of thiocarbonyl (C=S) groups is 1. The van der Waals surface area contributed by atoms with E-state index in [1.807, 2.05) is 35.1 Å². The summed E-state index contributed by atoms with van der Waals surface area (Å²) in [5, 5.41) is 11.8. The van der Waals surface area contributed by atoms with E-state index in [1.165, 1.54) is 0 Å². The van der Waals surface area contributed by atoms with Crippen molar-refractivity contribution in [2.24, 2.45) is 0 Å². The van der Waals surface area contributed by atoms with Gasteiger partial charge in [-0.2, -0.15) is 5.10 Å². The van der Waals surface area contributed by atoms with Crippen molar-refractivity contribution >= 4 is 34.6 Å². The number of benzene rings is 1. The van der Waals surface area contributed by atoms with Crippen LogP contribution >= 0.6 is 23.8 Å². The number of anilines is 1. The minimum atomic E-state index is 0.582. The van der Waals surface area contributed by atoms with E-state index in [2.05, 4.69) is 15.7 Å². The third-order valence-electron chi connectivity index (χ3n) is 2.94. The molecule has 118 valence electrons. The first kappa shape index (κ1) is 16.7. The van der Waals surface area contributed by atoms with Crippen molar-refractivity contribution in [2.75, 3.05) is 25.6 Å². The summed E-state index contributed by atoms with van der Waals surface area (Å²) >= 11 is 11.2. The predicted molar refractivity (Wildman–Crippen MR) is 93.5 cm³/mol. The van der Waals surface area contributed by atoms with Crippen LogP contribution in [0.4, 0.5) is 5.69 Å². The maximum Gasteiger partial charge on any atom is 0.170 e. The maximum absolute atomic E-state index is 5.98. The van der Waals surface area contributed by atoms with Crippen molar-refractivity contribution in [2.45, 2.75) is 13.0 Å². The number of rotatable bonds is 7. The van der Waals surface area contributed by atoms with Crippen molar-refractivity contribution in [3.63, 3.8) is 0 Å². The standard InChI is InChI=1S/C15H19ClN4OS/c1-21-7-3-6-17-15(22)19-14-9-18-20(11-14)10-12-4-2-5-13(16)8-12/h2,4-5,8-9,11H,3,6-7,10H2,1H3,(H2,17,19,22). The van der Waals surface area contributed by atoms with E-state index in [1.54, 1.807) is 13.3 Å². The molecular weight excluding hydrogens is 320 g/mol. The smallest absolute Gasteiger partial charge is 0.170 e. The van der Waals surface area contributed by atoms with E-state index in [0.717, 1.165) is 29.2 Å². The first-order valence-electron chi connectivity index (χ1n) is 6.98. The lowest BCUT2D eigenvalue weighted by Crippen LogP contribution is -2.29. The highest BCUT2D eigenvalue weighted by atomic mass is 35.5. The molecule has 0 spiro atoms. The number of hydrogen-bond donors (Lipinski definition) is 2. The first-order valence-corrected chi connectivity index (χ1v) is 7.76. The summed E-state index contributed by atoms with van der Waals surface area (Å²) in [6, 6.07) is 7.73. The highest BCUT2D eigenvalue weighted by Crippen LogP contribution is 2.13. The van der Waals surface area contributed by atoms with Gasteiger partial charge >= 0.3 is 0 Å². The van der Waals surface area contributed by atoms with Gasteiger partial charge in [0.2, 0.25) is 0 Å².